The molecule has 5 nitrogen and oxygen atoms in total. The fourth-order valence-corrected chi connectivity index (χ4v) is 2.77. The van der Waals surface area contributed by atoms with Crippen LogP contribution in [0.4, 0.5) is 0 Å². The average Bonchev–Trinajstić information content (AvgIpc) is 2.96. The van der Waals surface area contributed by atoms with Crippen LogP contribution in [0.25, 0.3) is 11.0 Å². The molecule has 0 fully saturated rings. The zero-order chi connectivity index (χ0) is 15.3. The van der Waals surface area contributed by atoms with E-state index in [9.17, 15) is 15.0 Å². The van der Waals surface area contributed by atoms with Crippen LogP contribution in [0, 0.1) is 0 Å². The molecule has 4 rings (SSSR count). The SMILES string of the molecule is O=C1CC(c2ccc(O)cc2)Oc2cc3occc3c(O)c21. The largest absolute Gasteiger partial charge is 0.508 e. The number of furan rings is 1. The van der Waals surface area contributed by atoms with Crippen LogP contribution in [0.1, 0.15) is 28.4 Å². The summed E-state index contributed by atoms with van der Waals surface area (Å²) >= 11 is 0. The number of ether oxygens (including phenoxy) is 1. The summed E-state index contributed by atoms with van der Waals surface area (Å²) in [6.45, 7) is 0. The lowest BCUT2D eigenvalue weighted by molar-refractivity contribution is 0.0846. The van der Waals surface area contributed by atoms with Crippen LogP contribution in [0.3, 0.4) is 0 Å². The van der Waals surface area contributed by atoms with E-state index < -0.39 is 6.10 Å². The molecule has 0 spiro atoms. The van der Waals surface area contributed by atoms with Gasteiger partial charge in [-0.25, -0.2) is 0 Å². The standard InChI is InChI=1S/C17H12O5/c18-10-3-1-9(2-4-10)13-7-12(19)16-15(22-13)8-14-11(17(16)20)5-6-21-14/h1-6,8,13,18,20H,7H2. The second kappa shape index (κ2) is 4.53. The van der Waals surface area contributed by atoms with Gasteiger partial charge in [0.1, 0.15) is 34.5 Å². The van der Waals surface area contributed by atoms with Gasteiger partial charge in [0.05, 0.1) is 18.1 Å². The summed E-state index contributed by atoms with van der Waals surface area (Å²) in [5.74, 6) is 0.186. The van der Waals surface area contributed by atoms with Crippen LogP contribution in [-0.2, 0) is 0 Å². The molecule has 0 radical (unpaired) electrons. The number of phenolic OH excluding ortho intramolecular Hbond substituents is 2. The van der Waals surface area contributed by atoms with Gasteiger partial charge in [-0.3, -0.25) is 4.79 Å². The Morgan fingerprint density at radius 3 is 2.64 bits per heavy atom. The van der Waals surface area contributed by atoms with Crippen molar-refractivity contribution in [1.29, 1.82) is 0 Å². The van der Waals surface area contributed by atoms with Crippen molar-refractivity contribution < 1.29 is 24.2 Å². The summed E-state index contributed by atoms with van der Waals surface area (Å²) in [6, 6.07) is 9.75. The van der Waals surface area contributed by atoms with Gasteiger partial charge < -0.3 is 19.4 Å². The van der Waals surface area contributed by atoms with E-state index in [0.29, 0.717) is 16.7 Å². The lowest BCUT2D eigenvalue weighted by Crippen LogP contribution is -2.20. The summed E-state index contributed by atoms with van der Waals surface area (Å²) in [7, 11) is 0. The van der Waals surface area contributed by atoms with Crippen molar-refractivity contribution in [2.75, 3.05) is 0 Å². The zero-order valence-corrected chi connectivity index (χ0v) is 11.4. The second-order valence-corrected chi connectivity index (χ2v) is 5.26. The third-order valence-corrected chi connectivity index (χ3v) is 3.88. The molecule has 0 bridgehead atoms. The fourth-order valence-electron chi connectivity index (χ4n) is 2.77. The van der Waals surface area contributed by atoms with Crippen LogP contribution < -0.4 is 4.74 Å². The molecule has 1 aliphatic rings. The van der Waals surface area contributed by atoms with E-state index in [0.717, 1.165) is 5.56 Å². The highest BCUT2D eigenvalue weighted by Gasteiger charge is 2.31. The topological polar surface area (TPSA) is 79.9 Å². The summed E-state index contributed by atoms with van der Waals surface area (Å²) < 4.78 is 11.1. The predicted molar refractivity (Wildman–Crippen MR) is 78.3 cm³/mol. The van der Waals surface area contributed by atoms with Crippen molar-refractivity contribution in [3.63, 3.8) is 0 Å². The van der Waals surface area contributed by atoms with Gasteiger partial charge in [-0.05, 0) is 23.8 Å². The molecule has 0 amide bonds. The Kier molecular flexibility index (Phi) is 2.63. The summed E-state index contributed by atoms with van der Waals surface area (Å²) in [5.41, 5.74) is 1.45. The third-order valence-electron chi connectivity index (χ3n) is 3.88. The van der Waals surface area contributed by atoms with Crippen molar-refractivity contribution in [2.24, 2.45) is 0 Å². The first-order valence-electron chi connectivity index (χ1n) is 6.85. The second-order valence-electron chi connectivity index (χ2n) is 5.26. The first-order chi connectivity index (χ1) is 10.6. The summed E-state index contributed by atoms with van der Waals surface area (Å²) in [6.07, 6.45) is 1.14. The van der Waals surface area contributed by atoms with E-state index in [1.807, 2.05) is 0 Å². The fraction of sp³-hybridized carbons (Fsp3) is 0.118. The molecule has 2 aromatic carbocycles. The molecule has 1 atom stereocenters. The minimum Gasteiger partial charge on any atom is -0.508 e. The number of benzene rings is 2. The van der Waals surface area contributed by atoms with E-state index in [2.05, 4.69) is 0 Å². The quantitative estimate of drug-likeness (QED) is 0.718. The molecular formula is C17H12O5. The molecule has 5 heteroatoms. The van der Waals surface area contributed by atoms with Gasteiger partial charge in [0, 0.05) is 6.07 Å². The number of Topliss-reactive ketones (excluding diaryl/α,β-unsaturated/α-hetero) is 1. The minimum absolute atomic E-state index is 0.101. The molecule has 2 N–H and O–H groups in total. The lowest BCUT2D eigenvalue weighted by atomic mass is 9.94. The van der Waals surface area contributed by atoms with Crippen molar-refractivity contribution in [3.05, 3.63) is 53.8 Å². The number of hydrogen-bond acceptors (Lipinski definition) is 5. The van der Waals surface area contributed by atoms with E-state index in [4.69, 9.17) is 9.15 Å². The van der Waals surface area contributed by atoms with E-state index in [1.54, 1.807) is 36.4 Å². The molecule has 1 aliphatic heterocycles. The highest BCUT2D eigenvalue weighted by molar-refractivity contribution is 6.07. The first kappa shape index (κ1) is 12.8. The number of carbonyl (C=O) groups is 1. The third kappa shape index (κ3) is 1.83. The molecule has 110 valence electrons. The number of rotatable bonds is 1. The smallest absolute Gasteiger partial charge is 0.174 e. The van der Waals surface area contributed by atoms with Gasteiger partial charge in [-0.1, -0.05) is 12.1 Å². The van der Waals surface area contributed by atoms with Gasteiger partial charge in [0.25, 0.3) is 0 Å². The van der Waals surface area contributed by atoms with Crippen LogP contribution in [-0.4, -0.2) is 16.0 Å². The first-order valence-corrected chi connectivity index (χ1v) is 6.85. The molecule has 3 aromatic rings. The van der Waals surface area contributed by atoms with Crippen LogP contribution in [0.2, 0.25) is 0 Å². The lowest BCUT2D eigenvalue weighted by Gasteiger charge is -2.26. The number of ketones is 1. The van der Waals surface area contributed by atoms with E-state index >= 15 is 0 Å². The van der Waals surface area contributed by atoms with Gasteiger partial charge in [0.15, 0.2) is 5.78 Å². The maximum atomic E-state index is 12.4. The Morgan fingerprint density at radius 1 is 1.09 bits per heavy atom. The normalized spacial score (nSPS) is 17.3. The van der Waals surface area contributed by atoms with Gasteiger partial charge in [-0.15, -0.1) is 0 Å². The van der Waals surface area contributed by atoms with Gasteiger partial charge in [-0.2, -0.15) is 0 Å². The highest BCUT2D eigenvalue weighted by Crippen LogP contribution is 2.43. The van der Waals surface area contributed by atoms with E-state index in [1.165, 1.54) is 6.26 Å². The molecule has 2 heterocycles. The Bertz CT molecular complexity index is 876. The zero-order valence-electron chi connectivity index (χ0n) is 11.4. The maximum absolute atomic E-state index is 12.4. The molecule has 0 saturated heterocycles. The van der Waals surface area contributed by atoms with Crippen molar-refractivity contribution in [1.82, 2.24) is 0 Å². The van der Waals surface area contributed by atoms with Crippen LogP contribution in [0.15, 0.2) is 47.1 Å². The molecular weight excluding hydrogens is 284 g/mol. The summed E-state index contributed by atoms with van der Waals surface area (Å²) in [4.78, 5) is 12.4. The van der Waals surface area contributed by atoms with Crippen molar-refractivity contribution in [3.8, 4) is 17.2 Å². The van der Waals surface area contributed by atoms with Crippen molar-refractivity contribution in [2.45, 2.75) is 12.5 Å². The molecule has 0 saturated carbocycles. The number of carbonyl (C=O) groups excluding carboxylic acids is 1. The minimum atomic E-state index is -0.451. The highest BCUT2D eigenvalue weighted by atomic mass is 16.5. The molecule has 1 unspecified atom stereocenters. The monoisotopic (exact) mass is 296 g/mol. The number of hydrogen-bond donors (Lipinski definition) is 2. The molecule has 1 aromatic heterocycles. The van der Waals surface area contributed by atoms with Crippen LogP contribution >= 0.6 is 0 Å². The molecule has 0 aliphatic carbocycles. The number of fused-ring (bicyclic) bond motifs is 2. The van der Waals surface area contributed by atoms with Gasteiger partial charge in [0.2, 0.25) is 0 Å². The number of phenols is 2. The van der Waals surface area contributed by atoms with Gasteiger partial charge >= 0.3 is 0 Å². The maximum Gasteiger partial charge on any atom is 0.174 e. The van der Waals surface area contributed by atoms with Crippen molar-refractivity contribution >= 4 is 16.8 Å². The number of aromatic hydroxyl groups is 2. The van der Waals surface area contributed by atoms with E-state index in [-0.39, 0.29) is 29.3 Å². The Hall–Kier alpha value is -2.95. The summed E-state index contributed by atoms with van der Waals surface area (Å²) in [5, 5.41) is 20.1. The average molecular weight is 296 g/mol. The predicted octanol–water partition coefficient (Wildman–Crippen LogP) is 3.55. The van der Waals surface area contributed by atoms with Crippen LogP contribution in [0.5, 0.6) is 17.2 Å². The molecule has 22 heavy (non-hydrogen) atoms. The Balaban J connectivity index is 1.81. The Morgan fingerprint density at radius 2 is 1.86 bits per heavy atom. The Labute approximate surface area is 125 Å².